The average Bonchev–Trinajstić information content (AvgIpc) is 2.95. The van der Waals surface area contributed by atoms with E-state index < -0.39 is 0 Å². The van der Waals surface area contributed by atoms with E-state index in [9.17, 15) is 4.79 Å². The van der Waals surface area contributed by atoms with E-state index in [2.05, 4.69) is 29.6 Å². The fraction of sp³-hybridized carbons (Fsp3) is 0.923. The topological polar surface area (TPSA) is 44.4 Å². The molecule has 1 amide bonds. The van der Waals surface area contributed by atoms with Crippen molar-refractivity contribution in [1.82, 2.24) is 15.5 Å². The van der Waals surface area contributed by atoms with Crippen molar-refractivity contribution in [2.24, 2.45) is 0 Å². The van der Waals surface area contributed by atoms with Gasteiger partial charge in [0.25, 0.3) is 0 Å². The zero-order chi connectivity index (χ0) is 12.3. The van der Waals surface area contributed by atoms with Crippen molar-refractivity contribution in [2.75, 3.05) is 27.2 Å². The second-order valence-electron chi connectivity index (χ2n) is 5.77. The van der Waals surface area contributed by atoms with E-state index in [-0.39, 0.29) is 11.4 Å². The Kier molecular flexibility index (Phi) is 4.05. The molecule has 4 nitrogen and oxygen atoms in total. The van der Waals surface area contributed by atoms with Crippen molar-refractivity contribution in [3.63, 3.8) is 0 Å². The molecule has 0 radical (unpaired) electrons. The molecular formula is C13H25N3O. The third-order valence-electron chi connectivity index (χ3n) is 4.17. The summed E-state index contributed by atoms with van der Waals surface area (Å²) >= 11 is 0. The first-order valence-electron chi connectivity index (χ1n) is 6.80. The Bertz CT molecular complexity index is 268. The normalized spacial score (nSPS) is 23.0. The fourth-order valence-corrected chi connectivity index (χ4v) is 2.73. The Morgan fingerprint density at radius 3 is 2.47 bits per heavy atom. The monoisotopic (exact) mass is 239 g/mol. The van der Waals surface area contributed by atoms with Gasteiger partial charge in [-0.2, -0.15) is 0 Å². The number of hydrogen-bond donors (Lipinski definition) is 2. The van der Waals surface area contributed by atoms with E-state index in [1.807, 2.05) is 0 Å². The van der Waals surface area contributed by atoms with E-state index in [1.54, 1.807) is 0 Å². The summed E-state index contributed by atoms with van der Waals surface area (Å²) in [5, 5.41) is 6.33. The van der Waals surface area contributed by atoms with Gasteiger partial charge in [-0.1, -0.05) is 12.8 Å². The van der Waals surface area contributed by atoms with Crippen molar-refractivity contribution < 1.29 is 4.79 Å². The van der Waals surface area contributed by atoms with Gasteiger partial charge >= 0.3 is 0 Å². The van der Waals surface area contributed by atoms with Crippen LogP contribution in [0.3, 0.4) is 0 Å². The zero-order valence-corrected chi connectivity index (χ0v) is 11.1. The quantitative estimate of drug-likeness (QED) is 0.718. The molecule has 17 heavy (non-hydrogen) atoms. The summed E-state index contributed by atoms with van der Waals surface area (Å²) in [6.45, 7) is 1.39. The molecule has 4 heteroatoms. The molecule has 0 aromatic heterocycles. The van der Waals surface area contributed by atoms with Crippen LogP contribution in [0.15, 0.2) is 0 Å². The third-order valence-corrected chi connectivity index (χ3v) is 4.17. The molecule has 0 unspecified atom stereocenters. The van der Waals surface area contributed by atoms with Crippen LogP contribution < -0.4 is 10.6 Å². The van der Waals surface area contributed by atoms with Gasteiger partial charge in [-0.05, 0) is 39.8 Å². The Morgan fingerprint density at radius 2 is 1.94 bits per heavy atom. The molecule has 0 bridgehead atoms. The van der Waals surface area contributed by atoms with Gasteiger partial charge in [-0.3, -0.25) is 4.79 Å². The number of carbonyl (C=O) groups excluding carboxylic acids is 1. The Balaban J connectivity index is 1.70. The van der Waals surface area contributed by atoms with Crippen LogP contribution in [0.5, 0.6) is 0 Å². The minimum Gasteiger partial charge on any atom is -0.352 e. The molecule has 2 rings (SSSR count). The lowest BCUT2D eigenvalue weighted by Crippen LogP contribution is -2.51. The molecule has 2 aliphatic rings. The van der Waals surface area contributed by atoms with E-state index in [1.165, 1.54) is 25.7 Å². The maximum atomic E-state index is 11.6. The lowest BCUT2D eigenvalue weighted by atomic mass is 9.96. The fourth-order valence-electron chi connectivity index (χ4n) is 2.73. The molecule has 2 fully saturated rings. The maximum Gasteiger partial charge on any atom is 0.234 e. The number of nitrogens with one attached hydrogen (secondary N) is 2. The highest BCUT2D eigenvalue weighted by Gasteiger charge is 2.35. The average molecular weight is 239 g/mol. The van der Waals surface area contributed by atoms with E-state index in [0.29, 0.717) is 12.6 Å². The SMILES string of the molecule is CN(C)C1(CNCC(=O)NC2CC2)CCCC1. The van der Waals surface area contributed by atoms with E-state index in [4.69, 9.17) is 0 Å². The molecule has 0 aromatic carbocycles. The van der Waals surface area contributed by atoms with Crippen LogP contribution in [0, 0.1) is 0 Å². The van der Waals surface area contributed by atoms with Gasteiger partial charge in [0.15, 0.2) is 0 Å². The van der Waals surface area contributed by atoms with Crippen LogP contribution in [-0.2, 0) is 4.79 Å². The number of rotatable bonds is 6. The van der Waals surface area contributed by atoms with E-state index in [0.717, 1.165) is 19.4 Å². The first-order chi connectivity index (χ1) is 8.12. The van der Waals surface area contributed by atoms with Crippen LogP contribution in [-0.4, -0.2) is 49.6 Å². The van der Waals surface area contributed by atoms with Crippen molar-refractivity contribution in [1.29, 1.82) is 0 Å². The summed E-state index contributed by atoms with van der Waals surface area (Å²) in [6, 6.07) is 0.471. The van der Waals surface area contributed by atoms with Crippen molar-refractivity contribution in [3.05, 3.63) is 0 Å². The summed E-state index contributed by atoms with van der Waals surface area (Å²) in [7, 11) is 4.30. The van der Waals surface area contributed by atoms with Crippen LogP contribution in [0.4, 0.5) is 0 Å². The van der Waals surface area contributed by atoms with Gasteiger partial charge in [0, 0.05) is 18.1 Å². The lowest BCUT2D eigenvalue weighted by Gasteiger charge is -2.36. The molecule has 0 aliphatic heterocycles. The molecule has 2 N–H and O–H groups in total. The lowest BCUT2D eigenvalue weighted by molar-refractivity contribution is -0.120. The third kappa shape index (κ3) is 3.42. The van der Waals surface area contributed by atoms with Crippen molar-refractivity contribution in [2.45, 2.75) is 50.1 Å². The van der Waals surface area contributed by atoms with Gasteiger partial charge in [0.05, 0.1) is 6.54 Å². The van der Waals surface area contributed by atoms with Gasteiger partial charge in [0.2, 0.25) is 5.91 Å². The van der Waals surface area contributed by atoms with Crippen LogP contribution >= 0.6 is 0 Å². The van der Waals surface area contributed by atoms with Gasteiger partial charge < -0.3 is 15.5 Å². The molecule has 2 saturated carbocycles. The number of hydrogen-bond acceptors (Lipinski definition) is 3. The minimum atomic E-state index is 0.152. The summed E-state index contributed by atoms with van der Waals surface area (Å²) in [5.41, 5.74) is 0.278. The number of likely N-dealkylation sites (N-methyl/N-ethyl adjacent to an activating group) is 1. The molecule has 2 aliphatic carbocycles. The predicted octanol–water partition coefficient (Wildman–Crippen LogP) is 0.729. The van der Waals surface area contributed by atoms with Gasteiger partial charge in [-0.25, -0.2) is 0 Å². The van der Waals surface area contributed by atoms with E-state index >= 15 is 0 Å². The molecule has 0 heterocycles. The van der Waals surface area contributed by atoms with Gasteiger partial charge in [-0.15, -0.1) is 0 Å². The minimum absolute atomic E-state index is 0.152. The summed E-state index contributed by atoms with van der Waals surface area (Å²) in [6.07, 6.45) is 7.44. The number of nitrogens with zero attached hydrogens (tertiary/aromatic N) is 1. The maximum absolute atomic E-state index is 11.6. The Hall–Kier alpha value is -0.610. The molecular weight excluding hydrogens is 214 g/mol. The zero-order valence-electron chi connectivity index (χ0n) is 11.1. The molecule has 0 atom stereocenters. The Labute approximate surface area is 104 Å². The summed E-state index contributed by atoms with van der Waals surface area (Å²) in [5.74, 6) is 0.152. The van der Waals surface area contributed by atoms with Crippen LogP contribution in [0.25, 0.3) is 0 Å². The molecule has 0 saturated heterocycles. The Morgan fingerprint density at radius 1 is 1.29 bits per heavy atom. The van der Waals surface area contributed by atoms with Gasteiger partial charge in [0.1, 0.15) is 0 Å². The van der Waals surface area contributed by atoms with Crippen molar-refractivity contribution >= 4 is 5.91 Å². The molecule has 0 spiro atoms. The first kappa shape index (κ1) is 12.8. The molecule has 0 aromatic rings. The highest BCUT2D eigenvalue weighted by molar-refractivity contribution is 5.78. The number of amides is 1. The standard InChI is InChI=1S/C13H25N3O/c1-16(2)13(7-3-4-8-13)10-14-9-12(17)15-11-5-6-11/h11,14H,3-10H2,1-2H3,(H,15,17). The summed E-state index contributed by atoms with van der Waals surface area (Å²) in [4.78, 5) is 13.9. The second kappa shape index (κ2) is 5.36. The summed E-state index contributed by atoms with van der Waals surface area (Å²) < 4.78 is 0. The van der Waals surface area contributed by atoms with Crippen LogP contribution in [0.1, 0.15) is 38.5 Å². The largest absolute Gasteiger partial charge is 0.352 e. The highest BCUT2D eigenvalue weighted by Crippen LogP contribution is 2.32. The predicted molar refractivity (Wildman–Crippen MR) is 68.9 cm³/mol. The molecule has 98 valence electrons. The van der Waals surface area contributed by atoms with Crippen molar-refractivity contribution in [3.8, 4) is 0 Å². The van der Waals surface area contributed by atoms with Crippen LogP contribution in [0.2, 0.25) is 0 Å². The second-order valence-corrected chi connectivity index (χ2v) is 5.77. The first-order valence-corrected chi connectivity index (χ1v) is 6.80. The highest BCUT2D eigenvalue weighted by atomic mass is 16.2. The smallest absolute Gasteiger partial charge is 0.234 e. The number of carbonyl (C=O) groups is 1.